The lowest BCUT2D eigenvalue weighted by Crippen LogP contribution is -2.44. The minimum Gasteiger partial charge on any atom is -0.481 e. The summed E-state index contributed by atoms with van der Waals surface area (Å²) in [7, 11) is 0. The molecule has 1 aromatic heterocycles. The first-order chi connectivity index (χ1) is 11.1. The van der Waals surface area contributed by atoms with Crippen molar-refractivity contribution >= 4 is 11.9 Å². The van der Waals surface area contributed by atoms with Gasteiger partial charge in [0.1, 0.15) is 0 Å². The minimum absolute atomic E-state index is 0.00710. The van der Waals surface area contributed by atoms with Crippen molar-refractivity contribution < 1.29 is 14.7 Å². The number of aromatic nitrogens is 2. The second kappa shape index (κ2) is 6.64. The number of carboxylic acids is 1. The lowest BCUT2D eigenvalue weighted by molar-refractivity contribution is -0.138. The topological polar surface area (TPSA) is 86.3 Å². The average Bonchev–Trinajstić information content (AvgIpc) is 3.09. The molecular weight excluding hydrogens is 294 g/mol. The molecule has 23 heavy (non-hydrogen) atoms. The van der Waals surface area contributed by atoms with Crippen LogP contribution in [-0.4, -0.2) is 44.7 Å². The number of nitrogens with zero attached hydrogens (tertiary/aromatic N) is 2. The molecule has 1 fully saturated rings. The number of carboxylic acid groups (broad SMARTS) is 1. The van der Waals surface area contributed by atoms with Gasteiger partial charge in [0.2, 0.25) is 0 Å². The van der Waals surface area contributed by atoms with E-state index in [9.17, 15) is 9.59 Å². The number of hydrogen-bond acceptors (Lipinski definition) is 3. The Morgan fingerprint density at radius 2 is 2.17 bits per heavy atom. The molecule has 0 bridgehead atoms. The Kier molecular flexibility index (Phi) is 4.41. The van der Waals surface area contributed by atoms with Gasteiger partial charge >= 0.3 is 5.97 Å². The molecule has 0 radical (unpaired) electrons. The van der Waals surface area contributed by atoms with Crippen LogP contribution in [0.5, 0.6) is 0 Å². The van der Waals surface area contributed by atoms with Gasteiger partial charge in [0.05, 0.1) is 12.6 Å². The maximum Gasteiger partial charge on any atom is 0.305 e. The summed E-state index contributed by atoms with van der Waals surface area (Å²) in [6.45, 7) is 0.618. The molecule has 1 amide bonds. The van der Waals surface area contributed by atoms with E-state index in [2.05, 4.69) is 10.2 Å². The van der Waals surface area contributed by atoms with Crippen molar-refractivity contribution in [2.75, 3.05) is 6.54 Å². The molecule has 120 valence electrons. The number of aliphatic carboxylic acids is 1. The minimum atomic E-state index is -0.859. The van der Waals surface area contributed by atoms with Gasteiger partial charge in [-0.15, -0.1) is 0 Å². The Morgan fingerprint density at radius 1 is 1.30 bits per heavy atom. The first kappa shape index (κ1) is 15.3. The van der Waals surface area contributed by atoms with Gasteiger partial charge in [-0.3, -0.25) is 14.7 Å². The van der Waals surface area contributed by atoms with E-state index < -0.39 is 5.97 Å². The van der Waals surface area contributed by atoms with Gasteiger partial charge in [-0.05, 0) is 37.0 Å². The zero-order chi connectivity index (χ0) is 16.2. The molecule has 2 heterocycles. The van der Waals surface area contributed by atoms with E-state index in [1.54, 1.807) is 23.4 Å². The number of hydrogen-bond donors (Lipinski definition) is 2. The van der Waals surface area contributed by atoms with Crippen LogP contribution < -0.4 is 0 Å². The molecule has 2 N–H and O–H groups in total. The van der Waals surface area contributed by atoms with Gasteiger partial charge in [0.25, 0.3) is 5.91 Å². The Labute approximate surface area is 134 Å². The van der Waals surface area contributed by atoms with E-state index in [4.69, 9.17) is 5.11 Å². The van der Waals surface area contributed by atoms with E-state index in [1.807, 2.05) is 18.2 Å². The third kappa shape index (κ3) is 3.41. The van der Waals surface area contributed by atoms with Crippen molar-refractivity contribution in [3.05, 3.63) is 42.2 Å². The fourth-order valence-corrected chi connectivity index (χ4v) is 3.09. The molecule has 2 aromatic rings. The molecular formula is C17H19N3O3. The molecule has 0 unspecified atom stereocenters. The molecule has 6 nitrogen and oxygen atoms in total. The number of H-pyrrole nitrogens is 1. The highest BCUT2D eigenvalue weighted by Gasteiger charge is 2.29. The maximum atomic E-state index is 12.8. The molecule has 3 rings (SSSR count). The number of benzene rings is 1. The first-order valence-electron chi connectivity index (χ1n) is 7.77. The van der Waals surface area contributed by atoms with Crippen LogP contribution >= 0.6 is 0 Å². The molecule has 0 spiro atoms. The predicted octanol–water partition coefficient (Wildman–Crippen LogP) is 2.55. The Bertz CT molecular complexity index is 697. The molecule has 0 aliphatic carbocycles. The van der Waals surface area contributed by atoms with Crippen LogP contribution in [0.25, 0.3) is 11.1 Å². The number of rotatable bonds is 4. The zero-order valence-corrected chi connectivity index (χ0v) is 12.7. The second-order valence-electron chi connectivity index (χ2n) is 5.81. The Morgan fingerprint density at radius 3 is 2.91 bits per heavy atom. The van der Waals surface area contributed by atoms with Crippen LogP contribution in [0.1, 0.15) is 36.0 Å². The molecule has 1 saturated heterocycles. The fourth-order valence-electron chi connectivity index (χ4n) is 3.09. The van der Waals surface area contributed by atoms with Crippen molar-refractivity contribution in [3.63, 3.8) is 0 Å². The lowest BCUT2D eigenvalue weighted by atomic mass is 9.97. The number of carbonyl (C=O) groups is 2. The van der Waals surface area contributed by atoms with E-state index in [0.717, 1.165) is 30.4 Å². The number of amides is 1. The largest absolute Gasteiger partial charge is 0.481 e. The summed E-state index contributed by atoms with van der Waals surface area (Å²) in [5, 5.41) is 15.7. The van der Waals surface area contributed by atoms with Crippen LogP contribution in [0, 0.1) is 0 Å². The SMILES string of the molecule is O=C(O)C[C@@H]1CCCCN1C(=O)c1cccc(-c2cn[nH]c2)c1. The highest BCUT2D eigenvalue weighted by molar-refractivity contribution is 5.96. The van der Waals surface area contributed by atoms with E-state index >= 15 is 0 Å². The van der Waals surface area contributed by atoms with Gasteiger partial charge in [0.15, 0.2) is 0 Å². The smallest absolute Gasteiger partial charge is 0.305 e. The predicted molar refractivity (Wildman–Crippen MR) is 85.0 cm³/mol. The lowest BCUT2D eigenvalue weighted by Gasteiger charge is -2.35. The fraction of sp³-hybridized carbons (Fsp3) is 0.353. The highest BCUT2D eigenvalue weighted by Crippen LogP contribution is 2.24. The van der Waals surface area contributed by atoms with E-state index in [0.29, 0.717) is 12.1 Å². The summed E-state index contributed by atoms with van der Waals surface area (Å²) in [6, 6.07) is 7.15. The van der Waals surface area contributed by atoms with Gasteiger partial charge in [0, 0.05) is 29.9 Å². The van der Waals surface area contributed by atoms with Crippen LogP contribution in [-0.2, 0) is 4.79 Å². The average molecular weight is 313 g/mol. The van der Waals surface area contributed by atoms with Crippen molar-refractivity contribution in [1.82, 2.24) is 15.1 Å². The normalized spacial score (nSPS) is 17.9. The summed E-state index contributed by atoms with van der Waals surface area (Å²) in [6.07, 6.45) is 6.13. The van der Waals surface area contributed by atoms with Crippen molar-refractivity contribution in [3.8, 4) is 11.1 Å². The van der Waals surface area contributed by atoms with E-state index in [1.165, 1.54) is 0 Å². The number of aromatic amines is 1. The monoisotopic (exact) mass is 313 g/mol. The summed E-state index contributed by atoms with van der Waals surface area (Å²) < 4.78 is 0. The van der Waals surface area contributed by atoms with E-state index in [-0.39, 0.29) is 18.4 Å². The first-order valence-corrected chi connectivity index (χ1v) is 7.77. The van der Waals surface area contributed by atoms with Crippen LogP contribution in [0.15, 0.2) is 36.7 Å². The quantitative estimate of drug-likeness (QED) is 0.908. The Hall–Kier alpha value is -2.63. The number of likely N-dealkylation sites (tertiary alicyclic amines) is 1. The second-order valence-corrected chi connectivity index (χ2v) is 5.81. The van der Waals surface area contributed by atoms with Crippen LogP contribution in [0.2, 0.25) is 0 Å². The van der Waals surface area contributed by atoms with Gasteiger partial charge < -0.3 is 10.0 Å². The third-order valence-electron chi connectivity index (χ3n) is 4.24. The van der Waals surface area contributed by atoms with Crippen molar-refractivity contribution in [2.24, 2.45) is 0 Å². The summed E-state index contributed by atoms with van der Waals surface area (Å²) in [4.78, 5) is 25.6. The number of carbonyl (C=O) groups excluding carboxylic acids is 1. The maximum absolute atomic E-state index is 12.8. The standard InChI is InChI=1S/C17H19N3O3/c21-16(22)9-15-6-1-2-7-20(15)17(23)13-5-3-4-12(8-13)14-10-18-19-11-14/h3-5,8,10-11,15H,1-2,6-7,9H2,(H,18,19)(H,21,22)/t15-/m0/s1. The molecule has 1 aromatic carbocycles. The van der Waals surface area contributed by atoms with Gasteiger partial charge in [-0.1, -0.05) is 12.1 Å². The number of nitrogens with one attached hydrogen (secondary N) is 1. The molecule has 0 saturated carbocycles. The summed E-state index contributed by atoms with van der Waals surface area (Å²) in [5.74, 6) is -0.955. The molecule has 6 heteroatoms. The Balaban J connectivity index is 1.84. The van der Waals surface area contributed by atoms with Crippen LogP contribution in [0.4, 0.5) is 0 Å². The summed E-state index contributed by atoms with van der Waals surface area (Å²) in [5.41, 5.74) is 2.41. The molecule has 1 atom stereocenters. The molecule has 1 aliphatic heterocycles. The summed E-state index contributed by atoms with van der Waals surface area (Å²) >= 11 is 0. The van der Waals surface area contributed by atoms with Crippen LogP contribution in [0.3, 0.4) is 0 Å². The van der Waals surface area contributed by atoms with Crippen molar-refractivity contribution in [2.45, 2.75) is 31.7 Å². The third-order valence-corrected chi connectivity index (χ3v) is 4.24. The zero-order valence-electron chi connectivity index (χ0n) is 12.7. The number of piperidine rings is 1. The van der Waals surface area contributed by atoms with Gasteiger partial charge in [-0.25, -0.2) is 0 Å². The van der Waals surface area contributed by atoms with Crippen molar-refractivity contribution in [1.29, 1.82) is 0 Å². The van der Waals surface area contributed by atoms with Gasteiger partial charge in [-0.2, -0.15) is 5.10 Å². The molecule has 1 aliphatic rings. The highest BCUT2D eigenvalue weighted by atomic mass is 16.4.